The summed E-state index contributed by atoms with van der Waals surface area (Å²) in [5.74, 6) is -4.39. The molecule has 142 valence electrons. The van der Waals surface area contributed by atoms with Crippen LogP contribution in [0.2, 0.25) is 0 Å². The van der Waals surface area contributed by atoms with Gasteiger partial charge >= 0.3 is 11.9 Å². The molecule has 10 nitrogen and oxygen atoms in total. The van der Waals surface area contributed by atoms with Crippen molar-refractivity contribution in [2.45, 2.75) is 38.8 Å². The maximum absolute atomic E-state index is 12.3. The van der Waals surface area contributed by atoms with Crippen LogP contribution in [0.1, 0.15) is 26.7 Å². The number of esters is 1. The molecule has 0 spiro atoms. The number of imide groups is 1. The third kappa shape index (κ3) is 7.98. The van der Waals surface area contributed by atoms with Gasteiger partial charge in [0.05, 0.1) is 6.61 Å². The molecule has 3 amide bonds. The van der Waals surface area contributed by atoms with Crippen molar-refractivity contribution in [1.82, 2.24) is 10.2 Å². The molecule has 0 aliphatic heterocycles. The van der Waals surface area contributed by atoms with Gasteiger partial charge in [-0.1, -0.05) is 0 Å². The van der Waals surface area contributed by atoms with E-state index in [9.17, 15) is 24.0 Å². The summed E-state index contributed by atoms with van der Waals surface area (Å²) in [6, 6.07) is -2.31. The second-order valence-corrected chi connectivity index (χ2v) is 5.36. The van der Waals surface area contributed by atoms with Gasteiger partial charge in [-0.3, -0.25) is 28.9 Å². The average molecular weight is 377 g/mol. The van der Waals surface area contributed by atoms with Crippen molar-refractivity contribution >= 4 is 42.3 Å². The third-order valence-corrected chi connectivity index (χ3v) is 3.41. The number of rotatable bonds is 10. The highest BCUT2D eigenvalue weighted by atomic mass is 32.1. The first-order chi connectivity index (χ1) is 11.6. The number of carbonyl (C=O) groups is 5. The number of hydrogen-bond acceptors (Lipinski definition) is 8. The Balaban J connectivity index is 4.96. The monoisotopic (exact) mass is 377 g/mol. The molecule has 0 aliphatic rings. The van der Waals surface area contributed by atoms with Gasteiger partial charge in [0, 0.05) is 19.1 Å². The zero-order chi connectivity index (χ0) is 19.6. The van der Waals surface area contributed by atoms with Crippen molar-refractivity contribution in [3.63, 3.8) is 0 Å². The normalized spacial score (nSPS) is 12.6. The topological polar surface area (TPSA) is 156 Å². The molecule has 4 N–H and O–H groups in total. The van der Waals surface area contributed by atoms with Crippen LogP contribution in [-0.2, 0) is 28.7 Å². The molecule has 0 rings (SSSR count). The van der Waals surface area contributed by atoms with E-state index in [4.69, 9.17) is 15.6 Å². The number of carboxylic acids is 1. The fourth-order valence-corrected chi connectivity index (χ4v) is 2.23. The highest BCUT2D eigenvalue weighted by Gasteiger charge is 2.32. The highest BCUT2D eigenvalue weighted by Crippen LogP contribution is 2.09. The van der Waals surface area contributed by atoms with E-state index in [0.717, 1.165) is 6.92 Å². The van der Waals surface area contributed by atoms with E-state index in [1.807, 2.05) is 0 Å². The van der Waals surface area contributed by atoms with Gasteiger partial charge in [0.1, 0.15) is 18.6 Å². The second-order valence-electron chi connectivity index (χ2n) is 4.99. The van der Waals surface area contributed by atoms with Crippen LogP contribution < -0.4 is 11.1 Å². The Morgan fingerprint density at radius 3 is 2.32 bits per heavy atom. The molecule has 0 aromatic carbocycles. The van der Waals surface area contributed by atoms with E-state index in [-0.39, 0.29) is 25.2 Å². The van der Waals surface area contributed by atoms with Crippen LogP contribution in [0.5, 0.6) is 0 Å². The van der Waals surface area contributed by atoms with Gasteiger partial charge in [-0.05, 0) is 13.3 Å². The van der Waals surface area contributed by atoms with E-state index in [1.165, 1.54) is 0 Å². The van der Waals surface area contributed by atoms with Crippen LogP contribution in [0.25, 0.3) is 0 Å². The van der Waals surface area contributed by atoms with Crippen molar-refractivity contribution in [3.8, 4) is 0 Å². The van der Waals surface area contributed by atoms with Crippen molar-refractivity contribution < 1.29 is 33.8 Å². The Morgan fingerprint density at radius 1 is 1.28 bits per heavy atom. The van der Waals surface area contributed by atoms with Gasteiger partial charge in [0.2, 0.25) is 17.7 Å². The minimum atomic E-state index is -1.27. The number of hydrogen-bond donors (Lipinski definition) is 4. The Hall–Kier alpha value is -2.14. The summed E-state index contributed by atoms with van der Waals surface area (Å²) in [5.41, 5.74) is 5.59. The summed E-state index contributed by atoms with van der Waals surface area (Å²) in [7, 11) is 0. The number of nitrogens with one attached hydrogen (secondary N) is 1. The number of carboxylic acid groups (broad SMARTS) is 1. The molecule has 0 fully saturated rings. The lowest BCUT2D eigenvalue weighted by molar-refractivity contribution is -0.150. The zero-order valence-corrected chi connectivity index (χ0v) is 15.0. The number of nitrogens with zero attached hydrogens (tertiary/aromatic N) is 1. The standard InChI is InChI=1S/C14H23N3O7S/c1-3-24-14(23)9(15)4-5-11(19)17(8(2)18)10(7-25)13(22)16-6-12(20)21/h9-10,25H,3-7,15H2,1-2H3,(H,16,22)(H,20,21). The summed E-state index contributed by atoms with van der Waals surface area (Å²) in [4.78, 5) is 58.7. The molecule has 0 saturated heterocycles. The van der Waals surface area contributed by atoms with E-state index < -0.39 is 48.3 Å². The summed E-state index contributed by atoms with van der Waals surface area (Å²) in [5, 5.41) is 10.7. The smallest absolute Gasteiger partial charge is 0.322 e. The average Bonchev–Trinajstić information content (AvgIpc) is 2.54. The maximum Gasteiger partial charge on any atom is 0.322 e. The van der Waals surface area contributed by atoms with E-state index in [2.05, 4.69) is 17.9 Å². The summed E-state index contributed by atoms with van der Waals surface area (Å²) in [6.07, 6.45) is -0.340. The molecule has 0 aliphatic carbocycles. The lowest BCUT2D eigenvalue weighted by atomic mass is 10.1. The maximum atomic E-state index is 12.3. The Morgan fingerprint density at radius 2 is 1.88 bits per heavy atom. The number of aliphatic carboxylic acids is 1. The van der Waals surface area contributed by atoms with Gasteiger partial charge in [-0.2, -0.15) is 12.6 Å². The minimum Gasteiger partial charge on any atom is -0.480 e. The second kappa shape index (κ2) is 11.4. The fourth-order valence-electron chi connectivity index (χ4n) is 1.90. The summed E-state index contributed by atoms with van der Waals surface area (Å²) in [6.45, 7) is 2.19. The Bertz CT molecular complexity index is 527. The van der Waals surface area contributed by atoms with Crippen molar-refractivity contribution in [3.05, 3.63) is 0 Å². The number of amides is 3. The van der Waals surface area contributed by atoms with Gasteiger partial charge in [0.15, 0.2) is 0 Å². The first-order valence-corrected chi connectivity index (χ1v) is 8.14. The predicted molar refractivity (Wildman–Crippen MR) is 89.7 cm³/mol. The van der Waals surface area contributed by atoms with Gasteiger partial charge < -0.3 is 20.9 Å². The van der Waals surface area contributed by atoms with E-state index >= 15 is 0 Å². The Labute approximate surface area is 150 Å². The number of ether oxygens (including phenoxy) is 1. The molecule has 25 heavy (non-hydrogen) atoms. The van der Waals surface area contributed by atoms with Gasteiger partial charge in [0.25, 0.3) is 0 Å². The predicted octanol–water partition coefficient (Wildman–Crippen LogP) is -1.47. The number of nitrogens with two attached hydrogens (primary N) is 1. The van der Waals surface area contributed by atoms with Crippen LogP contribution in [0.4, 0.5) is 0 Å². The molecule has 0 heterocycles. The largest absolute Gasteiger partial charge is 0.480 e. The lowest BCUT2D eigenvalue weighted by Gasteiger charge is -2.27. The lowest BCUT2D eigenvalue weighted by Crippen LogP contribution is -2.53. The molecule has 11 heteroatoms. The van der Waals surface area contributed by atoms with Crippen LogP contribution in [0.15, 0.2) is 0 Å². The molecule has 0 aromatic heterocycles. The van der Waals surface area contributed by atoms with Gasteiger partial charge in [-0.25, -0.2) is 0 Å². The SMILES string of the molecule is CCOC(=O)C(N)CCC(=O)N(C(C)=O)C(CS)C(=O)NCC(=O)O. The minimum absolute atomic E-state index is 0.0719. The number of thiol groups is 1. The van der Waals surface area contributed by atoms with Crippen LogP contribution >= 0.6 is 12.6 Å². The molecule has 0 aromatic rings. The summed E-state index contributed by atoms with van der Waals surface area (Å²) < 4.78 is 4.72. The van der Waals surface area contributed by atoms with E-state index in [0.29, 0.717) is 4.90 Å². The molecular weight excluding hydrogens is 354 g/mol. The van der Waals surface area contributed by atoms with Crippen molar-refractivity contribution in [2.24, 2.45) is 5.73 Å². The molecule has 0 bridgehead atoms. The highest BCUT2D eigenvalue weighted by molar-refractivity contribution is 7.80. The molecule has 2 unspecified atom stereocenters. The van der Waals surface area contributed by atoms with Crippen LogP contribution in [0.3, 0.4) is 0 Å². The van der Waals surface area contributed by atoms with E-state index in [1.54, 1.807) is 6.92 Å². The molecule has 2 atom stereocenters. The molecule has 0 radical (unpaired) electrons. The van der Waals surface area contributed by atoms with Gasteiger partial charge in [-0.15, -0.1) is 0 Å². The van der Waals surface area contributed by atoms with Crippen molar-refractivity contribution in [1.29, 1.82) is 0 Å². The van der Waals surface area contributed by atoms with Crippen LogP contribution in [0, 0.1) is 0 Å². The Kier molecular flexibility index (Phi) is 10.4. The summed E-state index contributed by atoms with van der Waals surface area (Å²) >= 11 is 3.94. The fraction of sp³-hybridized carbons (Fsp3) is 0.643. The quantitative estimate of drug-likeness (QED) is 0.266. The van der Waals surface area contributed by atoms with Crippen molar-refractivity contribution in [2.75, 3.05) is 18.9 Å². The van der Waals surface area contributed by atoms with Crippen LogP contribution in [-0.4, -0.2) is 70.7 Å². The molecular formula is C14H23N3O7S. The first-order valence-electron chi connectivity index (χ1n) is 7.50. The first kappa shape index (κ1) is 22.9. The number of carbonyl (C=O) groups excluding carboxylic acids is 4. The zero-order valence-electron chi connectivity index (χ0n) is 14.1. The molecule has 0 saturated carbocycles. The third-order valence-electron chi connectivity index (χ3n) is 3.07.